The van der Waals surface area contributed by atoms with Crippen molar-refractivity contribution >= 4 is 11.9 Å². The quantitative estimate of drug-likeness (QED) is 0.897. The number of carboxylic acid groups (broad SMARTS) is 1. The molecular weight excluding hydrogens is 349 g/mol. The zero-order chi connectivity index (χ0) is 19.1. The Morgan fingerprint density at radius 3 is 2.85 bits per heavy atom. The molecule has 4 rings (SSSR count). The van der Waals surface area contributed by atoms with E-state index in [1.807, 2.05) is 13.0 Å². The molecule has 1 unspecified atom stereocenters. The van der Waals surface area contributed by atoms with E-state index in [2.05, 4.69) is 5.10 Å². The number of hydrogen-bond acceptors (Lipinski definition) is 3. The molecule has 0 radical (unpaired) electrons. The molecule has 2 aromatic rings. The molecule has 1 amide bonds. The van der Waals surface area contributed by atoms with Gasteiger partial charge in [-0.15, -0.1) is 0 Å². The first kappa shape index (κ1) is 17.7. The number of rotatable bonds is 4. The van der Waals surface area contributed by atoms with Crippen LogP contribution in [0.4, 0.5) is 4.39 Å². The average Bonchev–Trinajstić information content (AvgIpc) is 3.31. The molecule has 0 saturated carbocycles. The topological polar surface area (TPSA) is 75.4 Å². The van der Waals surface area contributed by atoms with Crippen molar-refractivity contribution in [3.63, 3.8) is 0 Å². The van der Waals surface area contributed by atoms with Gasteiger partial charge in [-0.1, -0.05) is 12.1 Å². The molecule has 1 saturated heterocycles. The molecule has 1 aromatic carbocycles. The van der Waals surface area contributed by atoms with Crippen LogP contribution < -0.4 is 0 Å². The Bertz CT molecular complexity index is 901. The van der Waals surface area contributed by atoms with Crippen molar-refractivity contribution in [3.8, 4) is 5.69 Å². The van der Waals surface area contributed by atoms with E-state index in [-0.39, 0.29) is 24.2 Å². The lowest BCUT2D eigenvalue weighted by molar-refractivity contribution is -0.137. The molecule has 2 aliphatic rings. The van der Waals surface area contributed by atoms with Gasteiger partial charge < -0.3 is 10.0 Å². The first-order chi connectivity index (χ1) is 13.0. The third-order valence-electron chi connectivity index (χ3n) is 5.58. The van der Waals surface area contributed by atoms with Gasteiger partial charge >= 0.3 is 5.97 Å². The number of hydrogen-bond donors (Lipinski definition) is 1. The van der Waals surface area contributed by atoms with Crippen LogP contribution in [0.15, 0.2) is 18.2 Å². The molecule has 27 heavy (non-hydrogen) atoms. The third kappa shape index (κ3) is 3.01. The molecule has 1 atom stereocenters. The number of fused-ring (bicyclic) bond motifs is 1. The molecule has 0 spiro atoms. The zero-order valence-corrected chi connectivity index (χ0v) is 15.2. The van der Waals surface area contributed by atoms with Gasteiger partial charge in [0.1, 0.15) is 11.5 Å². The molecule has 1 aliphatic carbocycles. The number of carbonyl (C=O) groups is 2. The van der Waals surface area contributed by atoms with E-state index in [9.17, 15) is 14.0 Å². The average molecular weight is 371 g/mol. The standard InChI is InChI=1S/C20H22FN3O3/c1-12-5-2-8-15(21)19(12)24-16-9-3-7-14(16)18(22-24)20(27)23-10-4-6-13(23)11-17(25)26/h2,5,8,13H,3-4,6-7,9-11H2,1H3,(H,25,26). The van der Waals surface area contributed by atoms with Crippen molar-refractivity contribution < 1.29 is 19.1 Å². The Hall–Kier alpha value is -2.70. The van der Waals surface area contributed by atoms with Crippen LogP contribution in [-0.2, 0) is 17.6 Å². The van der Waals surface area contributed by atoms with E-state index in [0.29, 0.717) is 24.3 Å². The van der Waals surface area contributed by atoms with Crippen LogP contribution in [0.5, 0.6) is 0 Å². The molecule has 1 aromatic heterocycles. The number of carbonyl (C=O) groups excluding carboxylic acids is 1. The minimum absolute atomic E-state index is 0.0545. The highest BCUT2D eigenvalue weighted by Gasteiger charge is 2.36. The number of amides is 1. The van der Waals surface area contributed by atoms with E-state index in [1.165, 1.54) is 6.07 Å². The monoisotopic (exact) mass is 371 g/mol. The fourth-order valence-electron chi connectivity index (χ4n) is 4.34. The molecule has 2 heterocycles. The van der Waals surface area contributed by atoms with Crippen molar-refractivity contribution in [2.45, 2.75) is 51.5 Å². The maximum absolute atomic E-state index is 14.5. The van der Waals surface area contributed by atoms with E-state index in [0.717, 1.165) is 42.5 Å². The predicted octanol–water partition coefficient (Wildman–Crippen LogP) is 2.89. The number of halogens is 1. The second kappa shape index (κ2) is 6.79. The molecule has 6 nitrogen and oxygen atoms in total. The van der Waals surface area contributed by atoms with Crippen molar-refractivity contribution in [1.29, 1.82) is 0 Å². The lowest BCUT2D eigenvalue weighted by atomic mass is 10.1. The summed E-state index contributed by atoms with van der Waals surface area (Å²) in [6.07, 6.45) is 3.82. The van der Waals surface area contributed by atoms with Crippen molar-refractivity contribution in [1.82, 2.24) is 14.7 Å². The molecule has 7 heteroatoms. The maximum atomic E-state index is 14.5. The van der Waals surface area contributed by atoms with Crippen molar-refractivity contribution in [2.75, 3.05) is 6.54 Å². The van der Waals surface area contributed by atoms with Gasteiger partial charge in [-0.2, -0.15) is 5.10 Å². The molecule has 1 fully saturated rings. The molecule has 0 bridgehead atoms. The Morgan fingerprint density at radius 1 is 1.30 bits per heavy atom. The maximum Gasteiger partial charge on any atom is 0.305 e. The zero-order valence-electron chi connectivity index (χ0n) is 15.2. The van der Waals surface area contributed by atoms with E-state index >= 15 is 0 Å². The van der Waals surface area contributed by atoms with Crippen LogP contribution in [0.1, 0.15) is 53.0 Å². The fraction of sp³-hybridized carbons (Fsp3) is 0.450. The Morgan fingerprint density at radius 2 is 2.11 bits per heavy atom. The van der Waals surface area contributed by atoms with Crippen LogP contribution in [-0.4, -0.2) is 44.3 Å². The minimum Gasteiger partial charge on any atom is -0.481 e. The van der Waals surface area contributed by atoms with Crippen LogP contribution in [0, 0.1) is 12.7 Å². The lowest BCUT2D eigenvalue weighted by Crippen LogP contribution is -2.37. The van der Waals surface area contributed by atoms with Gasteiger partial charge in [0, 0.05) is 23.8 Å². The smallest absolute Gasteiger partial charge is 0.305 e. The van der Waals surface area contributed by atoms with E-state index < -0.39 is 5.97 Å². The van der Waals surface area contributed by atoms with Crippen LogP contribution in [0.25, 0.3) is 5.69 Å². The number of carboxylic acids is 1. The van der Waals surface area contributed by atoms with Gasteiger partial charge in [-0.3, -0.25) is 9.59 Å². The minimum atomic E-state index is -0.905. The summed E-state index contributed by atoms with van der Waals surface area (Å²) in [5.74, 6) is -1.50. The summed E-state index contributed by atoms with van der Waals surface area (Å²) in [6, 6.07) is 4.58. The van der Waals surface area contributed by atoms with Gasteiger partial charge in [0.2, 0.25) is 0 Å². The summed E-state index contributed by atoms with van der Waals surface area (Å²) >= 11 is 0. The summed E-state index contributed by atoms with van der Waals surface area (Å²) in [4.78, 5) is 25.9. The number of likely N-dealkylation sites (tertiary alicyclic amines) is 1. The number of aromatic nitrogens is 2. The number of para-hydroxylation sites is 1. The summed E-state index contributed by atoms with van der Waals surface area (Å²) in [6.45, 7) is 2.36. The normalized spacial score (nSPS) is 18.7. The first-order valence-corrected chi connectivity index (χ1v) is 9.36. The number of nitrogens with zero attached hydrogens (tertiary/aromatic N) is 3. The summed E-state index contributed by atoms with van der Waals surface area (Å²) in [5, 5.41) is 13.6. The SMILES string of the molecule is Cc1cccc(F)c1-n1nc(C(=O)N2CCCC2CC(=O)O)c2c1CCC2. The van der Waals surface area contributed by atoms with Gasteiger partial charge in [0.15, 0.2) is 5.69 Å². The van der Waals surface area contributed by atoms with Crippen LogP contribution in [0.3, 0.4) is 0 Å². The van der Waals surface area contributed by atoms with Crippen LogP contribution >= 0.6 is 0 Å². The first-order valence-electron chi connectivity index (χ1n) is 9.36. The van der Waals surface area contributed by atoms with Crippen molar-refractivity contribution in [2.24, 2.45) is 0 Å². The Balaban J connectivity index is 1.75. The van der Waals surface area contributed by atoms with Gasteiger partial charge in [-0.25, -0.2) is 9.07 Å². The Kier molecular flexibility index (Phi) is 4.45. The van der Waals surface area contributed by atoms with Crippen LogP contribution in [0.2, 0.25) is 0 Å². The summed E-state index contributed by atoms with van der Waals surface area (Å²) in [5.41, 5.74) is 3.26. The molecule has 1 aliphatic heterocycles. The number of aliphatic carboxylic acids is 1. The highest BCUT2D eigenvalue weighted by atomic mass is 19.1. The molecular formula is C20H22FN3O3. The van der Waals surface area contributed by atoms with Gasteiger partial charge in [0.25, 0.3) is 5.91 Å². The van der Waals surface area contributed by atoms with E-state index in [1.54, 1.807) is 15.6 Å². The predicted molar refractivity (Wildman–Crippen MR) is 96.6 cm³/mol. The number of benzene rings is 1. The largest absolute Gasteiger partial charge is 0.481 e. The second-order valence-corrected chi connectivity index (χ2v) is 7.34. The van der Waals surface area contributed by atoms with Crippen molar-refractivity contribution in [3.05, 3.63) is 46.5 Å². The summed E-state index contributed by atoms with van der Waals surface area (Å²) < 4.78 is 16.1. The molecule has 142 valence electrons. The highest BCUT2D eigenvalue weighted by molar-refractivity contribution is 5.95. The van der Waals surface area contributed by atoms with Gasteiger partial charge in [-0.05, 0) is 50.7 Å². The third-order valence-corrected chi connectivity index (χ3v) is 5.58. The second-order valence-electron chi connectivity index (χ2n) is 7.34. The molecule has 1 N–H and O–H groups in total. The van der Waals surface area contributed by atoms with E-state index in [4.69, 9.17) is 5.11 Å². The van der Waals surface area contributed by atoms with Gasteiger partial charge in [0.05, 0.1) is 6.42 Å². The fourth-order valence-corrected chi connectivity index (χ4v) is 4.34. The lowest BCUT2D eigenvalue weighted by Gasteiger charge is -2.23. The number of aryl methyl sites for hydroxylation is 1. The summed E-state index contributed by atoms with van der Waals surface area (Å²) in [7, 11) is 0. The highest BCUT2D eigenvalue weighted by Crippen LogP contribution is 2.32. The Labute approximate surface area is 156 Å².